The number of amides is 1. The molecule has 4 heteroatoms. The molecule has 0 aliphatic carbocycles. The van der Waals surface area contributed by atoms with Crippen molar-refractivity contribution in [2.45, 2.75) is 32.4 Å². The van der Waals surface area contributed by atoms with Gasteiger partial charge in [-0.2, -0.15) is 0 Å². The first-order valence-corrected chi connectivity index (χ1v) is 8.35. The molecule has 0 unspecified atom stereocenters. The highest BCUT2D eigenvalue weighted by molar-refractivity contribution is 9.10. The molecule has 3 N–H and O–H groups in total. The third-order valence-electron chi connectivity index (χ3n) is 3.71. The van der Waals surface area contributed by atoms with E-state index in [0.29, 0.717) is 0 Å². The van der Waals surface area contributed by atoms with Gasteiger partial charge in [-0.15, -0.1) is 0 Å². The van der Waals surface area contributed by atoms with Crippen LogP contribution in [0.1, 0.15) is 31.9 Å². The van der Waals surface area contributed by atoms with Gasteiger partial charge < -0.3 is 10.6 Å². The number of para-hydroxylation sites is 1. The number of carbonyl (C=O) groups is 1. The Balaban J connectivity index is 1.98. The van der Waals surface area contributed by atoms with Gasteiger partial charge in [0.25, 0.3) is 5.91 Å². The Morgan fingerprint density at radius 3 is 2.36 bits per heavy atom. The minimum atomic E-state index is -0.145. The second-order valence-electron chi connectivity index (χ2n) is 5.40. The normalized spacial score (nSPS) is 13.4. The van der Waals surface area contributed by atoms with Crippen molar-refractivity contribution in [1.82, 2.24) is 0 Å². The zero-order valence-corrected chi connectivity index (χ0v) is 14.5. The molecule has 22 heavy (non-hydrogen) atoms. The number of nitrogens with one attached hydrogen (secondary N) is 1. The second kappa shape index (κ2) is 8.11. The van der Waals surface area contributed by atoms with Crippen molar-refractivity contribution in [2.24, 2.45) is 0 Å². The van der Waals surface area contributed by atoms with Crippen LogP contribution in [-0.2, 0) is 4.79 Å². The molecule has 3 nitrogen and oxygen atoms in total. The molecule has 0 saturated carbocycles. The molecule has 0 fully saturated rings. The van der Waals surface area contributed by atoms with Gasteiger partial charge in [-0.25, -0.2) is 0 Å². The topological polar surface area (TPSA) is 45.7 Å². The van der Waals surface area contributed by atoms with Crippen LogP contribution in [0.15, 0.2) is 59.1 Å². The Morgan fingerprint density at radius 2 is 1.77 bits per heavy atom. The summed E-state index contributed by atoms with van der Waals surface area (Å²) in [6.45, 7) is 4.09. The summed E-state index contributed by atoms with van der Waals surface area (Å²) in [5.74, 6) is 0.0294. The van der Waals surface area contributed by atoms with Crippen LogP contribution >= 0.6 is 15.9 Å². The summed E-state index contributed by atoms with van der Waals surface area (Å²) in [7, 11) is 0. The molecule has 0 aromatic heterocycles. The van der Waals surface area contributed by atoms with E-state index in [1.807, 2.05) is 49.4 Å². The van der Waals surface area contributed by atoms with Crippen molar-refractivity contribution in [2.75, 3.05) is 5.32 Å². The van der Waals surface area contributed by atoms with Gasteiger partial charge in [0.15, 0.2) is 6.04 Å². The van der Waals surface area contributed by atoms with Crippen LogP contribution in [-0.4, -0.2) is 11.9 Å². The van der Waals surface area contributed by atoms with Crippen molar-refractivity contribution >= 4 is 27.5 Å². The molecule has 2 aromatic carbocycles. The van der Waals surface area contributed by atoms with E-state index < -0.39 is 0 Å². The number of halogens is 1. The van der Waals surface area contributed by atoms with Crippen molar-refractivity contribution < 1.29 is 10.1 Å². The zero-order chi connectivity index (χ0) is 15.9. The van der Waals surface area contributed by atoms with Crippen LogP contribution in [0.2, 0.25) is 0 Å². The lowest BCUT2D eigenvalue weighted by atomic mass is 10.0. The molecular weight excluding hydrogens is 340 g/mol. The van der Waals surface area contributed by atoms with E-state index in [2.05, 4.69) is 45.6 Å². The smallest absolute Gasteiger partial charge is 0.282 e. The highest BCUT2D eigenvalue weighted by Gasteiger charge is 2.22. The third kappa shape index (κ3) is 4.68. The molecule has 116 valence electrons. The van der Waals surface area contributed by atoms with E-state index in [9.17, 15) is 4.79 Å². The molecule has 0 bridgehead atoms. The lowest BCUT2D eigenvalue weighted by molar-refractivity contribution is -0.713. The van der Waals surface area contributed by atoms with Crippen molar-refractivity contribution in [3.05, 3.63) is 64.6 Å². The maximum absolute atomic E-state index is 12.3. The van der Waals surface area contributed by atoms with Gasteiger partial charge in [-0.05, 0) is 31.2 Å². The summed E-state index contributed by atoms with van der Waals surface area (Å²) in [6, 6.07) is 18.0. The van der Waals surface area contributed by atoms with Crippen LogP contribution in [0.25, 0.3) is 0 Å². The Morgan fingerprint density at radius 1 is 1.14 bits per heavy atom. The highest BCUT2D eigenvalue weighted by atomic mass is 79.9. The fourth-order valence-electron chi connectivity index (χ4n) is 2.41. The average Bonchev–Trinajstić information content (AvgIpc) is 2.54. The Hall–Kier alpha value is -1.65. The van der Waals surface area contributed by atoms with Gasteiger partial charge in [-0.3, -0.25) is 4.79 Å². The Labute approximate surface area is 140 Å². The monoisotopic (exact) mass is 361 g/mol. The number of rotatable bonds is 6. The first kappa shape index (κ1) is 16.7. The summed E-state index contributed by atoms with van der Waals surface area (Å²) >= 11 is 3.45. The van der Waals surface area contributed by atoms with Crippen molar-refractivity contribution in [3.63, 3.8) is 0 Å². The number of hydrogen-bond donors (Lipinski definition) is 2. The number of anilines is 1. The van der Waals surface area contributed by atoms with Crippen LogP contribution in [0, 0.1) is 0 Å². The number of nitrogens with two attached hydrogens (primary N) is 1. The standard InChI is InChI=1S/C18H21BrN2O/c1-3-17(14-9-11-15(19)12-10-14)20-13(2)18(22)21-16-7-5-4-6-8-16/h4-13,17,20H,3H2,1-2H3,(H,21,22)/p+1/t13-,17+/m0/s1. The van der Waals surface area contributed by atoms with Gasteiger partial charge in [0.2, 0.25) is 0 Å². The van der Waals surface area contributed by atoms with Crippen LogP contribution in [0.3, 0.4) is 0 Å². The van der Waals surface area contributed by atoms with Gasteiger partial charge in [0, 0.05) is 22.1 Å². The van der Waals surface area contributed by atoms with Gasteiger partial charge in [-0.1, -0.05) is 53.2 Å². The number of quaternary nitrogens is 1. The van der Waals surface area contributed by atoms with Crippen LogP contribution in [0.5, 0.6) is 0 Å². The molecule has 0 spiro atoms. The minimum absolute atomic E-state index is 0.0294. The number of hydrogen-bond acceptors (Lipinski definition) is 1. The van der Waals surface area contributed by atoms with Gasteiger partial charge in [0.1, 0.15) is 6.04 Å². The van der Waals surface area contributed by atoms with Crippen LogP contribution in [0.4, 0.5) is 5.69 Å². The van der Waals surface area contributed by atoms with E-state index in [4.69, 9.17) is 0 Å². The van der Waals surface area contributed by atoms with Crippen LogP contribution < -0.4 is 10.6 Å². The molecule has 2 atom stereocenters. The lowest BCUT2D eigenvalue weighted by Gasteiger charge is -2.19. The highest BCUT2D eigenvalue weighted by Crippen LogP contribution is 2.16. The van der Waals surface area contributed by atoms with Gasteiger partial charge >= 0.3 is 0 Å². The van der Waals surface area contributed by atoms with E-state index in [1.165, 1.54) is 5.56 Å². The first-order chi connectivity index (χ1) is 10.6. The van der Waals surface area contributed by atoms with E-state index >= 15 is 0 Å². The first-order valence-electron chi connectivity index (χ1n) is 7.56. The third-order valence-corrected chi connectivity index (χ3v) is 4.24. The zero-order valence-electron chi connectivity index (χ0n) is 12.9. The predicted octanol–water partition coefficient (Wildman–Crippen LogP) is 3.49. The molecule has 0 aliphatic rings. The molecule has 2 aromatic rings. The SMILES string of the molecule is CC[C@@H]([NH2+][C@@H](C)C(=O)Nc1ccccc1)c1ccc(Br)cc1. The Bertz CT molecular complexity index is 598. The molecule has 0 radical (unpaired) electrons. The fourth-order valence-corrected chi connectivity index (χ4v) is 2.67. The molecule has 1 amide bonds. The van der Waals surface area contributed by atoms with Crippen molar-refractivity contribution in [1.29, 1.82) is 0 Å². The fraction of sp³-hybridized carbons (Fsp3) is 0.278. The quantitative estimate of drug-likeness (QED) is 0.812. The summed E-state index contributed by atoms with van der Waals surface area (Å²) in [6.07, 6.45) is 0.977. The summed E-state index contributed by atoms with van der Waals surface area (Å²) in [5.41, 5.74) is 2.08. The lowest BCUT2D eigenvalue weighted by Crippen LogP contribution is -2.92. The number of benzene rings is 2. The largest absolute Gasteiger partial charge is 0.330 e. The molecule has 0 saturated heterocycles. The molecule has 0 aliphatic heterocycles. The van der Waals surface area contributed by atoms with E-state index in [-0.39, 0.29) is 18.0 Å². The van der Waals surface area contributed by atoms with E-state index in [1.54, 1.807) is 0 Å². The summed E-state index contributed by atoms with van der Waals surface area (Å²) < 4.78 is 1.07. The average molecular weight is 362 g/mol. The van der Waals surface area contributed by atoms with E-state index in [0.717, 1.165) is 16.6 Å². The summed E-state index contributed by atoms with van der Waals surface area (Å²) in [5, 5.41) is 5.08. The molecular formula is C18H22BrN2O+. The Kier molecular flexibility index (Phi) is 6.16. The molecule has 0 heterocycles. The van der Waals surface area contributed by atoms with Gasteiger partial charge in [0.05, 0.1) is 0 Å². The number of carbonyl (C=O) groups excluding carboxylic acids is 1. The molecule has 2 rings (SSSR count). The minimum Gasteiger partial charge on any atom is -0.330 e. The summed E-state index contributed by atoms with van der Waals surface area (Å²) in [4.78, 5) is 12.3. The maximum Gasteiger partial charge on any atom is 0.282 e. The predicted molar refractivity (Wildman–Crippen MR) is 93.6 cm³/mol. The maximum atomic E-state index is 12.3. The second-order valence-corrected chi connectivity index (χ2v) is 6.32. The van der Waals surface area contributed by atoms with Crippen molar-refractivity contribution in [3.8, 4) is 0 Å².